The van der Waals surface area contributed by atoms with Crippen molar-refractivity contribution in [3.05, 3.63) is 171 Å². The van der Waals surface area contributed by atoms with Crippen LogP contribution in [0, 0.1) is 0 Å². The average Bonchev–Trinajstić information content (AvgIpc) is 1.92. The SMILES string of the molecule is C=CC(C=C)OC(=O)CCCCCCCCCCOc1ccc(-c2ccc(-c3ccc4c(c3)C(CCCCCCCC)(CCCCCCCC)c3cc(-c5ccc(-c6ccc(OCCCCCCCCCCC(=O)OC(C=C)C=C)cc6)s5)ccc3-4)s2)cc1. The predicted octanol–water partition coefficient (Wildman–Crippen LogP) is 24.6. The molecule has 1 aliphatic rings. The second-order valence-electron chi connectivity index (χ2n) is 24.7. The fourth-order valence-corrected chi connectivity index (χ4v) is 14.7. The molecule has 0 amide bonds. The van der Waals surface area contributed by atoms with Crippen molar-refractivity contribution < 1.29 is 28.5 Å². The Labute approximate surface area is 545 Å². The van der Waals surface area contributed by atoms with Crippen LogP contribution in [-0.2, 0) is 24.5 Å². The second kappa shape index (κ2) is 39.8. The molecule has 8 heteroatoms. The van der Waals surface area contributed by atoms with Gasteiger partial charge in [-0.1, -0.05) is 219 Å². The highest BCUT2D eigenvalue weighted by Gasteiger charge is 2.43. The minimum absolute atomic E-state index is 0.0403. The fraction of sp³-hybridized carbons (Fsp3) is 0.481. The Bertz CT molecular complexity index is 2830. The minimum atomic E-state index is -0.395. The second-order valence-corrected chi connectivity index (χ2v) is 26.9. The van der Waals surface area contributed by atoms with Crippen LogP contribution in [0.1, 0.15) is 230 Å². The Balaban J connectivity index is 0.951. The van der Waals surface area contributed by atoms with Crippen LogP contribution in [0.4, 0.5) is 0 Å². The molecule has 0 saturated heterocycles. The maximum absolute atomic E-state index is 12.0. The van der Waals surface area contributed by atoms with Gasteiger partial charge in [-0.3, -0.25) is 9.59 Å². The molecule has 0 unspecified atom stereocenters. The summed E-state index contributed by atoms with van der Waals surface area (Å²) in [7, 11) is 0. The lowest BCUT2D eigenvalue weighted by molar-refractivity contribution is -0.146. The number of esters is 2. The molecule has 0 atom stereocenters. The number of thiophene rings is 2. The summed E-state index contributed by atoms with van der Waals surface area (Å²) in [5.74, 6) is 1.52. The van der Waals surface area contributed by atoms with Crippen LogP contribution in [-0.4, -0.2) is 37.4 Å². The van der Waals surface area contributed by atoms with E-state index in [4.69, 9.17) is 18.9 Å². The number of carbonyl (C=O) groups excluding carboxylic acids is 2. The van der Waals surface area contributed by atoms with E-state index in [1.165, 1.54) is 181 Å². The van der Waals surface area contributed by atoms with Gasteiger partial charge in [0.05, 0.1) is 13.2 Å². The van der Waals surface area contributed by atoms with E-state index in [0.717, 1.165) is 88.9 Å². The van der Waals surface area contributed by atoms with Crippen molar-refractivity contribution in [2.45, 2.75) is 237 Å². The third-order valence-corrected chi connectivity index (χ3v) is 20.3. The van der Waals surface area contributed by atoms with Crippen molar-refractivity contribution in [1.82, 2.24) is 0 Å². The quantitative estimate of drug-likeness (QED) is 0.0215. The topological polar surface area (TPSA) is 71.1 Å². The first-order valence-electron chi connectivity index (χ1n) is 34.6. The largest absolute Gasteiger partial charge is 0.494 e. The Morgan fingerprint density at radius 2 is 0.685 bits per heavy atom. The first-order valence-corrected chi connectivity index (χ1v) is 36.2. The van der Waals surface area contributed by atoms with Crippen LogP contribution >= 0.6 is 22.7 Å². The number of ether oxygens (including phenoxy) is 4. The lowest BCUT2D eigenvalue weighted by Gasteiger charge is -2.33. The van der Waals surface area contributed by atoms with Gasteiger partial charge in [0.15, 0.2) is 0 Å². The molecule has 6 aromatic rings. The number of rotatable bonds is 48. The first-order chi connectivity index (χ1) is 43.7. The summed E-state index contributed by atoms with van der Waals surface area (Å²) in [5.41, 5.74) is 11.0. The van der Waals surface area contributed by atoms with Gasteiger partial charge in [-0.15, -0.1) is 22.7 Å². The van der Waals surface area contributed by atoms with E-state index >= 15 is 0 Å². The molecule has 4 aromatic carbocycles. The molecule has 0 spiro atoms. The van der Waals surface area contributed by atoms with Crippen LogP contribution < -0.4 is 9.47 Å². The lowest BCUT2D eigenvalue weighted by Crippen LogP contribution is -2.25. The number of benzene rings is 4. The van der Waals surface area contributed by atoms with E-state index in [2.05, 4.69) is 149 Å². The summed E-state index contributed by atoms with van der Waals surface area (Å²) in [4.78, 5) is 29.2. The van der Waals surface area contributed by atoms with Crippen molar-refractivity contribution in [2.24, 2.45) is 0 Å². The zero-order chi connectivity index (χ0) is 62.7. The molecule has 6 nitrogen and oxygen atoms in total. The monoisotopic (exact) mass is 1240 g/mol. The maximum atomic E-state index is 12.0. The number of unbranched alkanes of at least 4 members (excludes halogenated alkanes) is 24. The lowest BCUT2D eigenvalue weighted by atomic mass is 9.70. The highest BCUT2D eigenvalue weighted by atomic mass is 32.1. The van der Waals surface area contributed by atoms with Gasteiger partial charge in [0, 0.05) is 37.8 Å². The molecular weight excluding hydrogens is 1130 g/mol. The number of carbonyl (C=O) groups is 2. The minimum Gasteiger partial charge on any atom is -0.494 e. The number of hydrogen-bond donors (Lipinski definition) is 0. The third-order valence-electron chi connectivity index (χ3n) is 17.9. The zero-order valence-corrected chi connectivity index (χ0v) is 56.1. The molecule has 2 aromatic heterocycles. The molecule has 478 valence electrons. The molecule has 1 aliphatic carbocycles. The summed E-state index contributed by atoms with van der Waals surface area (Å²) in [6, 6.07) is 41.7. The van der Waals surface area contributed by atoms with Crippen molar-refractivity contribution in [3.63, 3.8) is 0 Å². The van der Waals surface area contributed by atoms with Crippen LogP contribution in [0.3, 0.4) is 0 Å². The van der Waals surface area contributed by atoms with E-state index in [9.17, 15) is 9.59 Å². The van der Waals surface area contributed by atoms with E-state index in [0.29, 0.717) is 12.8 Å². The third kappa shape index (κ3) is 22.6. The van der Waals surface area contributed by atoms with Gasteiger partial charge in [0.1, 0.15) is 23.7 Å². The fourth-order valence-electron chi connectivity index (χ4n) is 12.7. The normalized spacial score (nSPS) is 12.2. The summed E-state index contributed by atoms with van der Waals surface area (Å²) in [5, 5.41) is 0. The van der Waals surface area contributed by atoms with Crippen LogP contribution in [0.2, 0.25) is 0 Å². The van der Waals surface area contributed by atoms with Crippen LogP contribution in [0.25, 0.3) is 52.9 Å². The van der Waals surface area contributed by atoms with E-state index in [-0.39, 0.29) is 17.4 Å². The first kappa shape index (κ1) is 70.2. The molecule has 0 saturated carbocycles. The number of hydrogen-bond acceptors (Lipinski definition) is 8. The van der Waals surface area contributed by atoms with Gasteiger partial charge in [-0.25, -0.2) is 0 Å². The molecule has 89 heavy (non-hydrogen) atoms. The van der Waals surface area contributed by atoms with E-state index < -0.39 is 12.2 Å². The molecule has 0 aliphatic heterocycles. The van der Waals surface area contributed by atoms with Gasteiger partial charge in [-0.05, 0) is 192 Å². The van der Waals surface area contributed by atoms with Gasteiger partial charge in [0.2, 0.25) is 0 Å². The Morgan fingerprint density at radius 1 is 0.382 bits per heavy atom. The summed E-state index contributed by atoms with van der Waals surface area (Å²) >= 11 is 3.80. The zero-order valence-electron chi connectivity index (χ0n) is 54.5. The van der Waals surface area contributed by atoms with Gasteiger partial charge >= 0.3 is 11.9 Å². The van der Waals surface area contributed by atoms with Gasteiger partial charge < -0.3 is 18.9 Å². The molecular formula is C81H106O6S2. The number of fused-ring (bicyclic) bond motifs is 3. The highest BCUT2D eigenvalue weighted by molar-refractivity contribution is 7.19. The maximum Gasteiger partial charge on any atom is 0.306 e. The standard InChI is InChI=1S/C81H106O6S2/c1-7-13-15-17-29-35-57-81(58-36-30-18-16-14-8-2)73-61-65(77-55-53-75(88-77)63-41-47-69(48-42-63)84-59-37-31-25-21-19-23-27-33-39-79(82)86-67(9-3)10-4)45-51-71(73)72-52-46-66(62-74(72)81)78-56-54-76(89-78)64-43-49-70(50-44-64)85-60-38-32-26-22-20-24-28-34-40-80(83)87-68(11-5)12-6/h9-12,41-56,61-62,67-68H,3-8,13-40,57-60H2,1-2H3. The molecule has 0 bridgehead atoms. The highest BCUT2D eigenvalue weighted by Crippen LogP contribution is 2.56. The molecule has 0 N–H and O–H groups in total. The summed E-state index contributed by atoms with van der Waals surface area (Å²) in [6.07, 6.45) is 42.2. The smallest absolute Gasteiger partial charge is 0.306 e. The van der Waals surface area contributed by atoms with Crippen LogP contribution in [0.5, 0.6) is 11.5 Å². The Morgan fingerprint density at radius 3 is 1.03 bits per heavy atom. The van der Waals surface area contributed by atoms with Crippen LogP contribution in [0.15, 0.2) is 160 Å². The predicted molar refractivity (Wildman–Crippen MR) is 381 cm³/mol. The average molecular weight is 1240 g/mol. The van der Waals surface area contributed by atoms with Crippen molar-refractivity contribution in [1.29, 1.82) is 0 Å². The molecule has 0 radical (unpaired) electrons. The van der Waals surface area contributed by atoms with Gasteiger partial charge in [0.25, 0.3) is 0 Å². The Hall–Kier alpha value is -6.22. The summed E-state index contributed by atoms with van der Waals surface area (Å²) in [6.45, 7) is 20.8. The molecule has 2 heterocycles. The van der Waals surface area contributed by atoms with E-state index in [1.807, 2.05) is 22.7 Å². The van der Waals surface area contributed by atoms with Crippen molar-refractivity contribution in [2.75, 3.05) is 13.2 Å². The Kier molecular flexibility index (Phi) is 31.4. The molecule has 7 rings (SSSR count). The van der Waals surface area contributed by atoms with Crippen molar-refractivity contribution in [3.8, 4) is 64.4 Å². The summed E-state index contributed by atoms with van der Waals surface area (Å²) < 4.78 is 23.1. The molecule has 0 fully saturated rings. The van der Waals surface area contributed by atoms with Crippen molar-refractivity contribution >= 4 is 34.6 Å². The van der Waals surface area contributed by atoms with E-state index in [1.54, 1.807) is 35.4 Å². The van der Waals surface area contributed by atoms with Gasteiger partial charge in [-0.2, -0.15) is 0 Å².